The zero-order chi connectivity index (χ0) is 23.5. The van der Waals surface area contributed by atoms with Gasteiger partial charge in [-0.1, -0.05) is 23.7 Å². The van der Waals surface area contributed by atoms with Crippen LogP contribution in [0.5, 0.6) is 5.75 Å². The smallest absolute Gasteiger partial charge is 0.284 e. The fourth-order valence-electron chi connectivity index (χ4n) is 3.44. The van der Waals surface area contributed by atoms with Crippen LogP contribution in [0.15, 0.2) is 41.2 Å². The van der Waals surface area contributed by atoms with E-state index in [0.717, 1.165) is 10.6 Å². The van der Waals surface area contributed by atoms with Crippen LogP contribution in [0.1, 0.15) is 16.2 Å². The third-order valence-corrected chi connectivity index (χ3v) is 5.24. The summed E-state index contributed by atoms with van der Waals surface area (Å²) in [6.45, 7) is -0.0582. The van der Waals surface area contributed by atoms with Crippen LogP contribution in [-0.4, -0.2) is 47.5 Å². The number of hydrogen-bond donors (Lipinski definition) is 1. The molecule has 1 saturated heterocycles. The van der Waals surface area contributed by atoms with Crippen LogP contribution in [0.4, 0.5) is 4.39 Å². The average Bonchev–Trinajstić information content (AvgIpc) is 2.80. The number of hydrogen-bond acceptors (Lipinski definition) is 7. The molecule has 3 aromatic rings. The lowest BCUT2D eigenvalue weighted by Gasteiger charge is -2.26. The minimum Gasteiger partial charge on any atom is -0.487 e. The van der Waals surface area contributed by atoms with E-state index in [1.807, 2.05) is 6.07 Å². The number of carbonyl (C=O) groups is 1. The van der Waals surface area contributed by atoms with E-state index in [-0.39, 0.29) is 48.8 Å². The van der Waals surface area contributed by atoms with Crippen LogP contribution in [-0.2, 0) is 16.0 Å². The lowest BCUT2D eigenvalue weighted by atomic mass is 10.2. The van der Waals surface area contributed by atoms with Crippen LogP contribution >= 0.6 is 11.6 Å². The van der Waals surface area contributed by atoms with Gasteiger partial charge in [0.2, 0.25) is 5.82 Å². The van der Waals surface area contributed by atoms with E-state index in [1.165, 1.54) is 6.07 Å². The second kappa shape index (κ2) is 9.54. The first-order valence-corrected chi connectivity index (χ1v) is 10.3. The van der Waals surface area contributed by atoms with Crippen LogP contribution in [0, 0.1) is 17.1 Å². The second-order valence-electron chi connectivity index (χ2n) is 7.31. The molecule has 4 rings (SSSR count). The van der Waals surface area contributed by atoms with Crippen molar-refractivity contribution < 1.29 is 23.4 Å². The van der Waals surface area contributed by atoms with E-state index in [1.54, 1.807) is 24.3 Å². The zero-order valence-electron chi connectivity index (χ0n) is 17.2. The molecule has 1 amide bonds. The van der Waals surface area contributed by atoms with Gasteiger partial charge in [-0.05, 0) is 29.8 Å². The van der Waals surface area contributed by atoms with Gasteiger partial charge in [-0.15, -0.1) is 0 Å². The monoisotopic (exact) mass is 472 g/mol. The summed E-state index contributed by atoms with van der Waals surface area (Å²) in [6.07, 6.45) is -1.23. The number of fused-ring (bicyclic) bond motifs is 1. The Morgan fingerprint density at radius 3 is 2.82 bits per heavy atom. The number of rotatable bonds is 6. The largest absolute Gasteiger partial charge is 0.487 e. The van der Waals surface area contributed by atoms with E-state index < -0.39 is 29.5 Å². The first-order chi connectivity index (χ1) is 15.9. The van der Waals surface area contributed by atoms with Crippen molar-refractivity contribution in [2.24, 2.45) is 5.73 Å². The Morgan fingerprint density at radius 1 is 1.33 bits per heavy atom. The topological polar surface area (TPSA) is 129 Å². The standard InChI is InChI=1S/C22H18ClFN4O5/c23-13-3-1-2-12(6-13)8-28-21(20(26)29)27-17-5-4-16(24)19(18(17)22(28)30)33-11-15-10-31-14(7-25)9-32-15/h1-6,14-15H,8-11H2,(H2,26,29). The number of aromatic nitrogens is 2. The third kappa shape index (κ3) is 4.80. The maximum Gasteiger partial charge on any atom is 0.284 e. The number of nitrogens with zero attached hydrogens (tertiary/aromatic N) is 3. The maximum atomic E-state index is 14.7. The van der Waals surface area contributed by atoms with Gasteiger partial charge in [-0.25, -0.2) is 9.37 Å². The third-order valence-electron chi connectivity index (χ3n) is 5.00. The molecule has 9 nitrogen and oxygen atoms in total. The van der Waals surface area contributed by atoms with Crippen molar-refractivity contribution in [2.75, 3.05) is 19.8 Å². The number of nitrogens with two attached hydrogens (primary N) is 1. The molecular formula is C22H18ClFN4O5. The number of primary amides is 1. The van der Waals surface area contributed by atoms with E-state index in [0.29, 0.717) is 10.6 Å². The van der Waals surface area contributed by atoms with Crippen molar-refractivity contribution in [2.45, 2.75) is 18.8 Å². The fraction of sp³-hybridized carbons (Fsp3) is 0.273. The number of amides is 1. The second-order valence-corrected chi connectivity index (χ2v) is 7.75. The lowest BCUT2D eigenvalue weighted by Crippen LogP contribution is -2.38. The number of nitriles is 1. The molecule has 2 atom stereocenters. The summed E-state index contributed by atoms with van der Waals surface area (Å²) in [6, 6.07) is 11.0. The Hall–Kier alpha value is -3.52. The molecular weight excluding hydrogens is 455 g/mol. The normalized spacial score (nSPS) is 18.1. The Kier molecular flexibility index (Phi) is 6.55. The minimum atomic E-state index is -0.914. The van der Waals surface area contributed by atoms with Gasteiger partial charge in [0.25, 0.3) is 11.5 Å². The summed E-state index contributed by atoms with van der Waals surface area (Å²) in [4.78, 5) is 29.6. The highest BCUT2D eigenvalue weighted by Crippen LogP contribution is 2.26. The molecule has 170 valence electrons. The molecule has 0 spiro atoms. The Labute approximate surface area is 192 Å². The van der Waals surface area contributed by atoms with E-state index in [4.69, 9.17) is 36.8 Å². The Morgan fingerprint density at radius 2 is 2.15 bits per heavy atom. The molecule has 11 heteroatoms. The first kappa shape index (κ1) is 22.7. The summed E-state index contributed by atoms with van der Waals surface area (Å²) < 4.78 is 32.2. The number of halogens is 2. The summed E-state index contributed by atoms with van der Waals surface area (Å²) in [5, 5.41) is 9.16. The van der Waals surface area contributed by atoms with Crippen LogP contribution in [0.2, 0.25) is 5.02 Å². The summed E-state index contributed by atoms with van der Waals surface area (Å²) >= 11 is 6.02. The number of benzene rings is 2. The van der Waals surface area contributed by atoms with Crippen molar-refractivity contribution in [1.82, 2.24) is 9.55 Å². The van der Waals surface area contributed by atoms with Gasteiger partial charge >= 0.3 is 0 Å². The molecule has 0 radical (unpaired) electrons. The van der Waals surface area contributed by atoms with Gasteiger partial charge in [-0.2, -0.15) is 5.26 Å². The van der Waals surface area contributed by atoms with Gasteiger partial charge in [0.05, 0.1) is 31.3 Å². The highest BCUT2D eigenvalue weighted by molar-refractivity contribution is 6.30. The van der Waals surface area contributed by atoms with Crippen molar-refractivity contribution in [3.8, 4) is 11.8 Å². The lowest BCUT2D eigenvalue weighted by molar-refractivity contribution is -0.124. The molecule has 1 aliphatic rings. The van der Waals surface area contributed by atoms with Crippen molar-refractivity contribution >= 4 is 28.4 Å². The fourth-order valence-corrected chi connectivity index (χ4v) is 3.65. The predicted octanol–water partition coefficient (Wildman–Crippen LogP) is 2.02. The molecule has 1 aromatic heterocycles. The SMILES string of the molecule is N#CC1COC(COc2c(F)ccc3nc(C(N)=O)n(Cc4cccc(Cl)c4)c(=O)c23)CO1. The number of carbonyl (C=O) groups excluding carboxylic acids is 1. The van der Waals surface area contributed by atoms with Crippen LogP contribution in [0.25, 0.3) is 10.9 Å². The molecule has 1 aliphatic heterocycles. The van der Waals surface area contributed by atoms with Crippen LogP contribution < -0.4 is 16.0 Å². The molecule has 2 unspecified atom stereocenters. The quantitative estimate of drug-likeness (QED) is 0.581. The minimum absolute atomic E-state index is 0.0536. The van der Waals surface area contributed by atoms with Crippen molar-refractivity contribution in [1.29, 1.82) is 5.26 Å². The van der Waals surface area contributed by atoms with Gasteiger partial charge in [-0.3, -0.25) is 14.2 Å². The first-order valence-electron chi connectivity index (χ1n) is 9.90. The molecule has 0 saturated carbocycles. The predicted molar refractivity (Wildman–Crippen MR) is 116 cm³/mol. The van der Waals surface area contributed by atoms with Crippen LogP contribution in [0.3, 0.4) is 0 Å². The molecule has 2 N–H and O–H groups in total. The molecule has 0 bridgehead atoms. The zero-order valence-corrected chi connectivity index (χ0v) is 17.9. The molecule has 33 heavy (non-hydrogen) atoms. The van der Waals surface area contributed by atoms with E-state index in [2.05, 4.69) is 4.98 Å². The molecule has 1 fully saturated rings. The van der Waals surface area contributed by atoms with Gasteiger partial charge in [0.1, 0.15) is 18.1 Å². The highest BCUT2D eigenvalue weighted by atomic mass is 35.5. The average molecular weight is 473 g/mol. The van der Waals surface area contributed by atoms with Crippen molar-refractivity contribution in [3.05, 3.63) is 69.0 Å². The molecule has 2 aromatic carbocycles. The van der Waals surface area contributed by atoms with Gasteiger partial charge in [0.15, 0.2) is 17.7 Å². The summed E-state index contributed by atoms with van der Waals surface area (Å²) in [5.41, 5.74) is 5.43. The van der Waals surface area contributed by atoms with Gasteiger partial charge < -0.3 is 19.9 Å². The summed E-state index contributed by atoms with van der Waals surface area (Å²) in [7, 11) is 0. The van der Waals surface area contributed by atoms with Gasteiger partial charge in [0, 0.05) is 5.02 Å². The Bertz CT molecular complexity index is 1310. The molecule has 0 aliphatic carbocycles. The maximum absolute atomic E-state index is 14.7. The van der Waals surface area contributed by atoms with E-state index >= 15 is 0 Å². The van der Waals surface area contributed by atoms with Crippen molar-refractivity contribution in [3.63, 3.8) is 0 Å². The Balaban J connectivity index is 1.73. The molecule has 2 heterocycles. The summed E-state index contributed by atoms with van der Waals surface area (Å²) in [5.74, 6) is -2.31. The number of ether oxygens (including phenoxy) is 3. The van der Waals surface area contributed by atoms with E-state index in [9.17, 15) is 14.0 Å². The highest BCUT2D eigenvalue weighted by Gasteiger charge is 2.25.